The molecule has 0 N–H and O–H groups in total. The molecule has 2 heterocycles. The number of allylic oxidation sites excluding steroid dienone is 1. The van der Waals surface area contributed by atoms with Crippen LogP contribution >= 0.6 is 23.1 Å². The minimum absolute atomic E-state index is 0.00783. The number of ketones is 1. The van der Waals surface area contributed by atoms with Crippen LogP contribution in [0, 0.1) is 0 Å². The normalized spacial score (nSPS) is 13.0. The summed E-state index contributed by atoms with van der Waals surface area (Å²) in [6.45, 7) is 6.26. The van der Waals surface area contributed by atoms with Crippen molar-refractivity contribution >= 4 is 39.1 Å². The fraction of sp³-hybridized carbons (Fsp3) is 0.318. The van der Waals surface area contributed by atoms with Crippen molar-refractivity contribution < 1.29 is 4.79 Å². The number of carbonyl (C=O) groups excluding carboxylic acids is 1. The molecule has 1 aliphatic rings. The van der Waals surface area contributed by atoms with Gasteiger partial charge < -0.3 is 0 Å². The van der Waals surface area contributed by atoms with Gasteiger partial charge in [0.05, 0.1) is 11.1 Å². The van der Waals surface area contributed by atoms with Crippen LogP contribution in [0.4, 0.5) is 0 Å². The van der Waals surface area contributed by atoms with Gasteiger partial charge in [0.15, 0.2) is 10.9 Å². The van der Waals surface area contributed by atoms with Crippen LogP contribution in [0.5, 0.6) is 0 Å². The molecule has 1 aromatic carbocycles. The number of hydrogen-bond donors (Lipinski definition) is 0. The molecular weight excluding hydrogens is 388 g/mol. The number of Topliss-reactive ketones (excluding diaryl/α,β-unsaturated/α-hetero) is 1. The molecule has 1 aliphatic carbocycles. The van der Waals surface area contributed by atoms with Crippen LogP contribution in [0.25, 0.3) is 10.2 Å². The van der Waals surface area contributed by atoms with Gasteiger partial charge in [0.2, 0.25) is 0 Å². The maximum Gasteiger partial charge on any atom is 0.263 e. The van der Waals surface area contributed by atoms with E-state index in [-0.39, 0.29) is 17.1 Å². The largest absolute Gasteiger partial charge is 0.293 e. The van der Waals surface area contributed by atoms with Crippen molar-refractivity contribution in [1.29, 1.82) is 0 Å². The molecule has 6 heteroatoms. The van der Waals surface area contributed by atoms with E-state index in [1.54, 1.807) is 22.0 Å². The van der Waals surface area contributed by atoms with Crippen LogP contribution in [0.1, 0.15) is 39.7 Å². The molecule has 4 rings (SSSR count). The monoisotopic (exact) mass is 410 g/mol. The molecule has 3 aromatic rings. The molecule has 0 radical (unpaired) electrons. The number of carbonyl (C=O) groups is 1. The van der Waals surface area contributed by atoms with Crippen molar-refractivity contribution in [2.75, 3.05) is 5.75 Å². The highest BCUT2D eigenvalue weighted by atomic mass is 32.2. The first kappa shape index (κ1) is 19.2. The molecule has 0 amide bonds. The van der Waals surface area contributed by atoms with Gasteiger partial charge in [0.25, 0.3) is 5.56 Å². The first-order valence-electron chi connectivity index (χ1n) is 9.53. The summed E-state index contributed by atoms with van der Waals surface area (Å²) >= 11 is 2.96. The third kappa shape index (κ3) is 3.47. The van der Waals surface area contributed by atoms with Crippen LogP contribution in [0.2, 0.25) is 0 Å². The average molecular weight is 411 g/mol. The number of thiophene rings is 1. The highest BCUT2D eigenvalue weighted by Crippen LogP contribution is 2.35. The van der Waals surface area contributed by atoms with Gasteiger partial charge in [-0.3, -0.25) is 14.2 Å². The Kier molecular flexibility index (Phi) is 5.51. The minimum Gasteiger partial charge on any atom is -0.293 e. The summed E-state index contributed by atoms with van der Waals surface area (Å²) in [5.41, 5.74) is 3.07. The molecular formula is C22H22N2O2S2. The van der Waals surface area contributed by atoms with E-state index in [0.29, 0.717) is 17.3 Å². The lowest BCUT2D eigenvalue weighted by molar-refractivity contribution is 0.102. The first-order chi connectivity index (χ1) is 13.6. The Hall–Kier alpha value is -2.18. The number of aromatic nitrogens is 2. The molecule has 0 aliphatic heterocycles. The van der Waals surface area contributed by atoms with Gasteiger partial charge in [-0.25, -0.2) is 4.98 Å². The maximum atomic E-state index is 13.1. The van der Waals surface area contributed by atoms with E-state index in [0.717, 1.165) is 35.9 Å². The van der Waals surface area contributed by atoms with Crippen LogP contribution < -0.4 is 5.56 Å². The van der Waals surface area contributed by atoms with Gasteiger partial charge in [0, 0.05) is 17.0 Å². The number of hydrogen-bond acceptors (Lipinski definition) is 5. The summed E-state index contributed by atoms with van der Waals surface area (Å²) in [5.74, 6) is 0.298. The van der Waals surface area contributed by atoms with E-state index in [2.05, 4.69) is 13.5 Å². The summed E-state index contributed by atoms with van der Waals surface area (Å²) in [6.07, 6.45) is 5.76. The number of aryl methyl sites for hydroxylation is 3. The number of fused-ring (bicyclic) bond motifs is 3. The van der Waals surface area contributed by atoms with E-state index < -0.39 is 0 Å². The minimum atomic E-state index is -0.00783. The van der Waals surface area contributed by atoms with Crippen LogP contribution in [0.3, 0.4) is 0 Å². The lowest BCUT2D eigenvalue weighted by Crippen LogP contribution is -2.23. The number of benzene rings is 1. The zero-order valence-electron chi connectivity index (χ0n) is 15.9. The van der Waals surface area contributed by atoms with Gasteiger partial charge in [0.1, 0.15) is 4.83 Å². The molecule has 0 atom stereocenters. The molecule has 0 unspecified atom stereocenters. The first-order valence-corrected chi connectivity index (χ1v) is 11.3. The van der Waals surface area contributed by atoms with Crippen molar-refractivity contribution in [2.45, 2.75) is 44.3 Å². The number of nitrogens with zero attached hydrogens (tertiary/aromatic N) is 2. The highest BCUT2D eigenvalue weighted by Gasteiger charge is 2.23. The van der Waals surface area contributed by atoms with Crippen LogP contribution in [0.15, 0.2) is 46.9 Å². The van der Waals surface area contributed by atoms with Crippen molar-refractivity contribution in [3.05, 3.63) is 68.8 Å². The van der Waals surface area contributed by atoms with Crippen molar-refractivity contribution in [2.24, 2.45) is 0 Å². The van der Waals surface area contributed by atoms with E-state index in [1.165, 1.54) is 27.8 Å². The van der Waals surface area contributed by atoms with E-state index in [9.17, 15) is 9.59 Å². The Labute approximate surface area is 172 Å². The van der Waals surface area contributed by atoms with Gasteiger partial charge in [-0.2, -0.15) is 0 Å². The lowest BCUT2D eigenvalue weighted by atomic mass is 10.1. The van der Waals surface area contributed by atoms with Crippen molar-refractivity contribution in [1.82, 2.24) is 9.55 Å². The van der Waals surface area contributed by atoms with E-state index in [4.69, 9.17) is 4.98 Å². The SMILES string of the molecule is C=CCn1c(SCC(=O)c2ccc(CC)cc2)nc2sc3c(c2c1=O)CCC3. The van der Waals surface area contributed by atoms with Gasteiger partial charge in [-0.1, -0.05) is 49.0 Å². The topological polar surface area (TPSA) is 52.0 Å². The van der Waals surface area contributed by atoms with Crippen LogP contribution in [-0.2, 0) is 25.8 Å². The van der Waals surface area contributed by atoms with Gasteiger partial charge in [-0.15, -0.1) is 17.9 Å². The summed E-state index contributed by atoms with van der Waals surface area (Å²) in [4.78, 5) is 32.6. The standard InChI is InChI=1S/C22H22N2O2S2/c1-3-12-24-21(26)19-16-6-5-7-18(16)28-20(19)23-22(24)27-13-17(25)15-10-8-14(4-2)9-11-15/h3,8-11H,1,4-7,12-13H2,2H3. The third-order valence-electron chi connectivity index (χ3n) is 5.12. The molecule has 0 saturated heterocycles. The molecule has 2 aromatic heterocycles. The van der Waals surface area contributed by atoms with Gasteiger partial charge in [-0.05, 0) is 36.8 Å². The van der Waals surface area contributed by atoms with Crippen LogP contribution in [-0.4, -0.2) is 21.1 Å². The summed E-state index contributed by atoms with van der Waals surface area (Å²) < 4.78 is 1.65. The number of thioether (sulfide) groups is 1. The van der Waals surface area contributed by atoms with Gasteiger partial charge >= 0.3 is 0 Å². The zero-order valence-corrected chi connectivity index (χ0v) is 17.5. The second-order valence-electron chi connectivity index (χ2n) is 6.90. The lowest BCUT2D eigenvalue weighted by Gasteiger charge is -2.10. The summed E-state index contributed by atoms with van der Waals surface area (Å²) in [5, 5.41) is 1.36. The molecule has 144 valence electrons. The molecule has 0 spiro atoms. The molecule has 28 heavy (non-hydrogen) atoms. The molecule has 0 fully saturated rings. The fourth-order valence-electron chi connectivity index (χ4n) is 3.60. The Bertz CT molecular complexity index is 1110. The number of rotatable bonds is 7. The fourth-order valence-corrected chi connectivity index (χ4v) is 5.80. The second kappa shape index (κ2) is 8.05. The smallest absolute Gasteiger partial charge is 0.263 e. The van der Waals surface area contributed by atoms with E-state index >= 15 is 0 Å². The third-order valence-corrected chi connectivity index (χ3v) is 7.28. The average Bonchev–Trinajstić information content (AvgIpc) is 3.29. The van der Waals surface area contributed by atoms with Crippen molar-refractivity contribution in [3.63, 3.8) is 0 Å². The highest BCUT2D eigenvalue weighted by molar-refractivity contribution is 7.99. The predicted molar refractivity (Wildman–Crippen MR) is 117 cm³/mol. The Morgan fingerprint density at radius 2 is 2.11 bits per heavy atom. The molecule has 4 nitrogen and oxygen atoms in total. The van der Waals surface area contributed by atoms with E-state index in [1.807, 2.05) is 24.3 Å². The Morgan fingerprint density at radius 1 is 1.32 bits per heavy atom. The quantitative estimate of drug-likeness (QED) is 0.246. The maximum absolute atomic E-state index is 13.1. The predicted octanol–water partition coefficient (Wildman–Crippen LogP) is 4.67. The Balaban J connectivity index is 1.64. The summed E-state index contributed by atoms with van der Waals surface area (Å²) in [7, 11) is 0. The van der Waals surface area contributed by atoms with Crippen molar-refractivity contribution in [3.8, 4) is 0 Å². The molecule has 0 saturated carbocycles. The summed E-state index contributed by atoms with van der Waals surface area (Å²) in [6, 6.07) is 7.73. The molecule has 0 bridgehead atoms. The second-order valence-corrected chi connectivity index (χ2v) is 8.92. The zero-order chi connectivity index (χ0) is 19.7. The Morgan fingerprint density at radius 3 is 2.82 bits per heavy atom.